The molecule has 0 aromatic carbocycles. The van der Waals surface area contributed by atoms with Crippen molar-refractivity contribution < 1.29 is 9.53 Å². The topological polar surface area (TPSA) is 55.3 Å². The lowest BCUT2D eigenvalue weighted by Crippen LogP contribution is -2.34. The van der Waals surface area contributed by atoms with Crippen LogP contribution in [-0.2, 0) is 4.74 Å². The van der Waals surface area contributed by atoms with Gasteiger partial charge in [0.05, 0.1) is 18.3 Å². The molecule has 0 aliphatic carbocycles. The van der Waals surface area contributed by atoms with Crippen LogP contribution < -0.4 is 0 Å². The Morgan fingerprint density at radius 3 is 2.50 bits per heavy atom. The summed E-state index contributed by atoms with van der Waals surface area (Å²) >= 11 is 0. The van der Waals surface area contributed by atoms with Crippen LogP contribution in [0.4, 0.5) is 0 Å². The maximum Gasteiger partial charge on any atom is 0.254 e. The van der Waals surface area contributed by atoms with Gasteiger partial charge >= 0.3 is 0 Å². The van der Waals surface area contributed by atoms with E-state index >= 15 is 0 Å². The molecule has 2 aromatic heterocycles. The smallest absolute Gasteiger partial charge is 0.254 e. The van der Waals surface area contributed by atoms with Crippen molar-refractivity contribution in [2.75, 3.05) is 20.8 Å². The van der Waals surface area contributed by atoms with E-state index in [9.17, 15) is 4.79 Å². The third kappa shape index (κ3) is 3.68. The zero-order valence-electron chi connectivity index (χ0n) is 13.4. The SMILES string of the molecule is COC[C@@H](c1ccccn1)N(C)C(=O)c1cc(C)nc(C)c1. The second-order valence-corrected chi connectivity index (χ2v) is 5.28. The molecule has 0 fully saturated rings. The number of ether oxygens (including phenoxy) is 1. The van der Waals surface area contributed by atoms with Gasteiger partial charge in [-0.3, -0.25) is 14.8 Å². The molecule has 1 atom stereocenters. The lowest BCUT2D eigenvalue weighted by Gasteiger charge is -2.27. The Bertz CT molecular complexity index is 623. The molecule has 0 spiro atoms. The third-order valence-electron chi connectivity index (χ3n) is 3.47. The van der Waals surface area contributed by atoms with Gasteiger partial charge in [-0.05, 0) is 38.1 Å². The molecule has 116 valence electrons. The molecule has 0 bridgehead atoms. The molecular weight excluding hydrogens is 278 g/mol. The van der Waals surface area contributed by atoms with Gasteiger partial charge in [-0.15, -0.1) is 0 Å². The van der Waals surface area contributed by atoms with Gasteiger partial charge in [0.25, 0.3) is 5.91 Å². The lowest BCUT2D eigenvalue weighted by atomic mass is 10.1. The summed E-state index contributed by atoms with van der Waals surface area (Å²) in [6.07, 6.45) is 1.72. The predicted molar refractivity (Wildman–Crippen MR) is 84.7 cm³/mol. The molecule has 1 amide bonds. The number of pyridine rings is 2. The van der Waals surface area contributed by atoms with Crippen LogP contribution in [0.25, 0.3) is 0 Å². The van der Waals surface area contributed by atoms with Gasteiger partial charge in [0, 0.05) is 37.3 Å². The maximum absolute atomic E-state index is 12.8. The number of amides is 1. The van der Waals surface area contributed by atoms with Crippen LogP contribution in [0.15, 0.2) is 36.5 Å². The summed E-state index contributed by atoms with van der Waals surface area (Å²) < 4.78 is 5.27. The van der Waals surface area contributed by atoms with Gasteiger partial charge in [-0.2, -0.15) is 0 Å². The molecule has 22 heavy (non-hydrogen) atoms. The van der Waals surface area contributed by atoms with Crippen molar-refractivity contribution in [3.63, 3.8) is 0 Å². The van der Waals surface area contributed by atoms with Crippen LogP contribution in [-0.4, -0.2) is 41.5 Å². The Labute approximate surface area is 131 Å². The highest BCUT2D eigenvalue weighted by Gasteiger charge is 2.24. The van der Waals surface area contributed by atoms with E-state index in [2.05, 4.69) is 9.97 Å². The van der Waals surface area contributed by atoms with Crippen molar-refractivity contribution >= 4 is 5.91 Å². The van der Waals surface area contributed by atoms with E-state index in [4.69, 9.17) is 4.74 Å². The average Bonchev–Trinajstić information content (AvgIpc) is 2.51. The van der Waals surface area contributed by atoms with Gasteiger partial charge in [-0.25, -0.2) is 0 Å². The summed E-state index contributed by atoms with van der Waals surface area (Å²) in [5, 5.41) is 0. The molecule has 2 rings (SSSR count). The van der Waals surface area contributed by atoms with E-state index in [1.807, 2.05) is 32.0 Å². The quantitative estimate of drug-likeness (QED) is 0.851. The number of aryl methyl sites for hydroxylation is 2. The van der Waals surface area contributed by atoms with Crippen LogP contribution in [0.5, 0.6) is 0 Å². The van der Waals surface area contributed by atoms with E-state index in [1.165, 1.54) is 0 Å². The number of likely N-dealkylation sites (N-methyl/N-ethyl adjacent to an activating group) is 1. The number of hydrogen-bond donors (Lipinski definition) is 0. The molecule has 0 unspecified atom stereocenters. The van der Waals surface area contributed by atoms with Crippen LogP contribution in [0.3, 0.4) is 0 Å². The normalized spacial score (nSPS) is 12.0. The standard InChI is InChI=1S/C17H21N3O2/c1-12-9-14(10-13(2)19-12)17(21)20(3)16(11-22-4)15-7-5-6-8-18-15/h5-10,16H,11H2,1-4H3/t16-/m0/s1. The van der Waals surface area contributed by atoms with Crippen molar-refractivity contribution in [3.05, 3.63) is 59.2 Å². The van der Waals surface area contributed by atoms with E-state index in [0.29, 0.717) is 12.2 Å². The zero-order valence-corrected chi connectivity index (χ0v) is 13.4. The number of carbonyl (C=O) groups is 1. The van der Waals surface area contributed by atoms with Crippen molar-refractivity contribution in [3.8, 4) is 0 Å². The minimum atomic E-state index is -0.229. The molecule has 0 aliphatic rings. The van der Waals surface area contributed by atoms with Crippen molar-refractivity contribution in [1.29, 1.82) is 0 Å². The fourth-order valence-electron chi connectivity index (χ4n) is 2.43. The molecular formula is C17H21N3O2. The molecule has 2 aromatic rings. The van der Waals surface area contributed by atoms with E-state index in [1.54, 1.807) is 37.4 Å². The first-order chi connectivity index (χ1) is 10.5. The fraction of sp³-hybridized carbons (Fsp3) is 0.353. The van der Waals surface area contributed by atoms with Crippen LogP contribution in [0.1, 0.15) is 33.5 Å². The molecule has 0 saturated carbocycles. The van der Waals surface area contributed by atoms with Gasteiger partial charge in [-0.1, -0.05) is 6.07 Å². The van der Waals surface area contributed by atoms with Crippen LogP contribution in [0, 0.1) is 13.8 Å². The molecule has 0 radical (unpaired) electrons. The highest BCUT2D eigenvalue weighted by molar-refractivity contribution is 5.94. The highest BCUT2D eigenvalue weighted by Crippen LogP contribution is 2.20. The summed E-state index contributed by atoms with van der Waals surface area (Å²) in [5.41, 5.74) is 3.10. The Morgan fingerprint density at radius 1 is 1.27 bits per heavy atom. The van der Waals surface area contributed by atoms with Crippen molar-refractivity contribution in [2.24, 2.45) is 0 Å². The van der Waals surface area contributed by atoms with E-state index in [0.717, 1.165) is 17.1 Å². The van der Waals surface area contributed by atoms with Gasteiger partial charge in [0.1, 0.15) is 0 Å². The van der Waals surface area contributed by atoms with E-state index in [-0.39, 0.29) is 11.9 Å². The first-order valence-corrected chi connectivity index (χ1v) is 7.15. The Morgan fingerprint density at radius 2 is 1.95 bits per heavy atom. The number of nitrogens with zero attached hydrogens (tertiary/aromatic N) is 3. The minimum Gasteiger partial charge on any atom is -0.382 e. The summed E-state index contributed by atoms with van der Waals surface area (Å²) in [6.45, 7) is 4.16. The number of carbonyl (C=O) groups excluding carboxylic acids is 1. The maximum atomic E-state index is 12.8. The zero-order chi connectivity index (χ0) is 16.1. The molecule has 0 aliphatic heterocycles. The Balaban J connectivity index is 2.30. The number of methoxy groups -OCH3 is 1. The Hall–Kier alpha value is -2.27. The lowest BCUT2D eigenvalue weighted by molar-refractivity contribution is 0.0595. The monoisotopic (exact) mass is 299 g/mol. The third-order valence-corrected chi connectivity index (χ3v) is 3.47. The summed E-state index contributed by atoms with van der Waals surface area (Å²) in [4.78, 5) is 23.1. The fourth-order valence-corrected chi connectivity index (χ4v) is 2.43. The number of aromatic nitrogens is 2. The molecule has 0 N–H and O–H groups in total. The summed E-state index contributed by atoms with van der Waals surface area (Å²) in [6, 6.07) is 9.03. The van der Waals surface area contributed by atoms with Crippen LogP contribution in [0.2, 0.25) is 0 Å². The van der Waals surface area contributed by atoms with Crippen LogP contribution >= 0.6 is 0 Å². The molecule has 5 heteroatoms. The molecule has 5 nitrogen and oxygen atoms in total. The summed E-state index contributed by atoms with van der Waals surface area (Å²) in [7, 11) is 3.39. The first kappa shape index (κ1) is 16.1. The minimum absolute atomic E-state index is 0.0682. The second kappa shape index (κ2) is 7.13. The predicted octanol–water partition coefficient (Wildman–Crippen LogP) is 2.55. The van der Waals surface area contributed by atoms with Gasteiger partial charge in [0.2, 0.25) is 0 Å². The highest BCUT2D eigenvalue weighted by atomic mass is 16.5. The molecule has 0 saturated heterocycles. The Kier molecular flexibility index (Phi) is 5.22. The van der Waals surface area contributed by atoms with Crippen molar-refractivity contribution in [2.45, 2.75) is 19.9 Å². The van der Waals surface area contributed by atoms with Gasteiger partial charge < -0.3 is 9.64 Å². The first-order valence-electron chi connectivity index (χ1n) is 7.15. The van der Waals surface area contributed by atoms with Gasteiger partial charge in [0.15, 0.2) is 0 Å². The molecule has 2 heterocycles. The van der Waals surface area contributed by atoms with E-state index < -0.39 is 0 Å². The second-order valence-electron chi connectivity index (χ2n) is 5.28. The van der Waals surface area contributed by atoms with Crippen molar-refractivity contribution in [1.82, 2.24) is 14.9 Å². The number of rotatable bonds is 5. The number of hydrogen-bond acceptors (Lipinski definition) is 4. The summed E-state index contributed by atoms with van der Waals surface area (Å²) in [5.74, 6) is -0.0682. The average molecular weight is 299 g/mol. The largest absolute Gasteiger partial charge is 0.382 e.